The van der Waals surface area contributed by atoms with Crippen molar-refractivity contribution in [2.45, 2.75) is 13.5 Å². The summed E-state index contributed by atoms with van der Waals surface area (Å²) < 4.78 is 13.1. The van der Waals surface area contributed by atoms with Crippen LogP contribution in [0.2, 0.25) is 0 Å². The van der Waals surface area contributed by atoms with E-state index in [2.05, 4.69) is 4.98 Å². The van der Waals surface area contributed by atoms with Crippen molar-refractivity contribution in [3.05, 3.63) is 59.7 Å². The van der Waals surface area contributed by atoms with Gasteiger partial charge in [0, 0.05) is 12.7 Å². The molecule has 0 aliphatic carbocycles. The Morgan fingerprint density at radius 3 is 2.79 bits per heavy atom. The molecular weight excluding hydrogens is 241 g/mol. The molecule has 0 fully saturated rings. The number of nitriles is 1. The Morgan fingerprint density at radius 2 is 2.16 bits per heavy atom. The SMILES string of the molecule is CCN(Cc1ccccn1)c1ccc(F)cc1C#N. The van der Waals surface area contributed by atoms with Crippen molar-refractivity contribution in [1.29, 1.82) is 5.26 Å². The van der Waals surface area contributed by atoms with E-state index in [9.17, 15) is 4.39 Å². The number of hydrogen-bond donors (Lipinski definition) is 0. The highest BCUT2D eigenvalue weighted by atomic mass is 19.1. The van der Waals surface area contributed by atoms with E-state index in [4.69, 9.17) is 5.26 Å². The average Bonchev–Trinajstić information content (AvgIpc) is 2.46. The molecule has 3 nitrogen and oxygen atoms in total. The van der Waals surface area contributed by atoms with Crippen LogP contribution in [0.4, 0.5) is 10.1 Å². The monoisotopic (exact) mass is 255 g/mol. The Labute approximate surface area is 111 Å². The summed E-state index contributed by atoms with van der Waals surface area (Å²) in [7, 11) is 0. The molecule has 19 heavy (non-hydrogen) atoms. The summed E-state index contributed by atoms with van der Waals surface area (Å²) in [4.78, 5) is 6.27. The minimum absolute atomic E-state index is 0.345. The quantitative estimate of drug-likeness (QED) is 0.842. The Bertz CT molecular complexity index is 590. The molecule has 0 N–H and O–H groups in total. The smallest absolute Gasteiger partial charge is 0.124 e. The summed E-state index contributed by atoms with van der Waals surface area (Å²) in [6, 6.07) is 12.0. The van der Waals surface area contributed by atoms with Gasteiger partial charge in [-0.1, -0.05) is 6.07 Å². The fraction of sp³-hybridized carbons (Fsp3) is 0.200. The highest BCUT2D eigenvalue weighted by Crippen LogP contribution is 2.22. The number of anilines is 1. The number of hydrogen-bond acceptors (Lipinski definition) is 3. The third-order valence-corrected chi connectivity index (χ3v) is 2.88. The molecule has 0 aliphatic rings. The van der Waals surface area contributed by atoms with Gasteiger partial charge in [-0.3, -0.25) is 4.98 Å². The first-order chi connectivity index (χ1) is 9.24. The Hall–Kier alpha value is -2.41. The predicted octanol–water partition coefficient (Wildman–Crippen LogP) is 3.12. The Morgan fingerprint density at radius 1 is 1.32 bits per heavy atom. The average molecular weight is 255 g/mol. The molecular formula is C15H14FN3. The lowest BCUT2D eigenvalue weighted by molar-refractivity contribution is 0.627. The molecule has 0 saturated carbocycles. The summed E-state index contributed by atoms with van der Waals surface area (Å²) in [5.74, 6) is -0.394. The molecule has 0 bridgehead atoms. The maximum Gasteiger partial charge on any atom is 0.124 e. The zero-order chi connectivity index (χ0) is 13.7. The molecule has 1 heterocycles. The van der Waals surface area contributed by atoms with Gasteiger partial charge in [0.15, 0.2) is 0 Å². The largest absolute Gasteiger partial charge is 0.365 e. The van der Waals surface area contributed by atoms with Crippen molar-refractivity contribution in [2.75, 3.05) is 11.4 Å². The lowest BCUT2D eigenvalue weighted by Gasteiger charge is -2.23. The van der Waals surface area contributed by atoms with E-state index in [1.807, 2.05) is 36.1 Å². The van der Waals surface area contributed by atoms with E-state index in [-0.39, 0.29) is 0 Å². The molecule has 0 aliphatic heterocycles. The van der Waals surface area contributed by atoms with Gasteiger partial charge in [0.1, 0.15) is 11.9 Å². The topological polar surface area (TPSA) is 39.9 Å². The highest BCUT2D eigenvalue weighted by molar-refractivity contribution is 5.59. The van der Waals surface area contributed by atoms with Gasteiger partial charge in [0.2, 0.25) is 0 Å². The Balaban J connectivity index is 2.30. The van der Waals surface area contributed by atoms with Gasteiger partial charge in [0.25, 0.3) is 0 Å². The minimum atomic E-state index is -0.394. The molecule has 0 unspecified atom stereocenters. The van der Waals surface area contributed by atoms with Gasteiger partial charge in [-0.2, -0.15) is 5.26 Å². The first-order valence-electron chi connectivity index (χ1n) is 6.09. The van der Waals surface area contributed by atoms with E-state index < -0.39 is 5.82 Å². The second kappa shape index (κ2) is 5.96. The molecule has 0 amide bonds. The lowest BCUT2D eigenvalue weighted by Crippen LogP contribution is -2.23. The molecule has 2 rings (SSSR count). The first-order valence-corrected chi connectivity index (χ1v) is 6.09. The summed E-state index contributed by atoms with van der Waals surface area (Å²) in [6.45, 7) is 3.31. The summed E-state index contributed by atoms with van der Waals surface area (Å²) in [5, 5.41) is 9.09. The van der Waals surface area contributed by atoms with Crippen molar-refractivity contribution < 1.29 is 4.39 Å². The van der Waals surface area contributed by atoms with E-state index in [1.165, 1.54) is 12.1 Å². The van der Waals surface area contributed by atoms with Crippen molar-refractivity contribution in [1.82, 2.24) is 4.98 Å². The van der Waals surface area contributed by atoms with Crippen LogP contribution in [0.3, 0.4) is 0 Å². The number of halogens is 1. The molecule has 2 aromatic rings. The van der Waals surface area contributed by atoms with Crippen molar-refractivity contribution in [3.8, 4) is 6.07 Å². The van der Waals surface area contributed by atoms with Gasteiger partial charge < -0.3 is 4.90 Å². The molecule has 1 aromatic carbocycles. The molecule has 0 saturated heterocycles. The van der Waals surface area contributed by atoms with Gasteiger partial charge in [-0.05, 0) is 37.3 Å². The van der Waals surface area contributed by atoms with Crippen molar-refractivity contribution in [3.63, 3.8) is 0 Å². The maximum atomic E-state index is 13.1. The summed E-state index contributed by atoms with van der Waals surface area (Å²) >= 11 is 0. The molecule has 1 aromatic heterocycles. The highest BCUT2D eigenvalue weighted by Gasteiger charge is 2.11. The molecule has 4 heteroatoms. The second-order valence-electron chi connectivity index (χ2n) is 4.11. The van der Waals surface area contributed by atoms with Crippen LogP contribution in [0.15, 0.2) is 42.6 Å². The minimum Gasteiger partial charge on any atom is -0.365 e. The number of rotatable bonds is 4. The van der Waals surface area contributed by atoms with Crippen LogP contribution in [0.5, 0.6) is 0 Å². The van der Waals surface area contributed by atoms with Crippen LogP contribution >= 0.6 is 0 Å². The van der Waals surface area contributed by atoms with Gasteiger partial charge in [-0.25, -0.2) is 4.39 Å². The molecule has 96 valence electrons. The van der Waals surface area contributed by atoms with Crippen LogP contribution in [-0.4, -0.2) is 11.5 Å². The van der Waals surface area contributed by atoms with Gasteiger partial charge >= 0.3 is 0 Å². The van der Waals surface area contributed by atoms with Crippen LogP contribution in [-0.2, 0) is 6.54 Å². The van der Waals surface area contributed by atoms with Crippen molar-refractivity contribution in [2.24, 2.45) is 0 Å². The van der Waals surface area contributed by atoms with E-state index in [0.29, 0.717) is 12.1 Å². The standard InChI is InChI=1S/C15H14FN3/c1-2-19(11-14-5-3-4-8-18-14)15-7-6-13(16)9-12(15)10-17/h3-9H,2,11H2,1H3. The number of aromatic nitrogens is 1. The fourth-order valence-electron chi connectivity index (χ4n) is 1.93. The van der Waals surface area contributed by atoms with Crippen LogP contribution in [0, 0.1) is 17.1 Å². The molecule has 0 radical (unpaired) electrons. The predicted molar refractivity (Wildman–Crippen MR) is 72.1 cm³/mol. The molecule has 0 atom stereocenters. The first kappa shape index (κ1) is 13.0. The second-order valence-corrected chi connectivity index (χ2v) is 4.11. The van der Waals surface area contributed by atoms with Crippen LogP contribution < -0.4 is 4.90 Å². The number of benzene rings is 1. The Kier molecular flexibility index (Phi) is 4.09. The maximum absolute atomic E-state index is 13.1. The number of pyridine rings is 1. The zero-order valence-corrected chi connectivity index (χ0v) is 10.7. The van der Waals surface area contributed by atoms with Gasteiger partial charge in [-0.15, -0.1) is 0 Å². The van der Waals surface area contributed by atoms with Crippen LogP contribution in [0.25, 0.3) is 0 Å². The van der Waals surface area contributed by atoms with Gasteiger partial charge in [0.05, 0.1) is 23.5 Å². The summed E-state index contributed by atoms with van der Waals surface area (Å²) in [6.07, 6.45) is 1.74. The van der Waals surface area contributed by atoms with Crippen LogP contribution in [0.1, 0.15) is 18.2 Å². The van der Waals surface area contributed by atoms with Crippen molar-refractivity contribution >= 4 is 5.69 Å². The third kappa shape index (κ3) is 3.08. The number of nitrogens with zero attached hydrogens (tertiary/aromatic N) is 3. The normalized spacial score (nSPS) is 9.95. The van der Waals surface area contributed by atoms with E-state index in [0.717, 1.165) is 17.9 Å². The zero-order valence-electron chi connectivity index (χ0n) is 10.7. The van der Waals surface area contributed by atoms with E-state index >= 15 is 0 Å². The summed E-state index contributed by atoms with van der Waals surface area (Å²) in [5.41, 5.74) is 1.99. The fourth-order valence-corrected chi connectivity index (χ4v) is 1.93. The molecule has 0 spiro atoms. The third-order valence-electron chi connectivity index (χ3n) is 2.88. The van der Waals surface area contributed by atoms with E-state index in [1.54, 1.807) is 12.3 Å². The lowest BCUT2D eigenvalue weighted by atomic mass is 10.1.